The molecule has 2 nitrogen and oxygen atoms in total. The SMILES string of the molecule is Cc1cccc(OCCSc2ccc(CO)cc2)c1. The standard InChI is InChI=1S/C16H18O2S/c1-13-3-2-4-15(11-13)18-9-10-19-16-7-5-14(12-17)6-8-16/h2-8,11,17H,9-10,12H2,1H3. The third-order valence-electron chi connectivity index (χ3n) is 2.72. The van der Waals surface area contributed by atoms with Crippen molar-refractivity contribution in [3.63, 3.8) is 0 Å². The molecule has 0 bridgehead atoms. The van der Waals surface area contributed by atoms with Gasteiger partial charge in [-0.3, -0.25) is 0 Å². The molecule has 0 saturated carbocycles. The highest BCUT2D eigenvalue weighted by Gasteiger charge is 1.97. The largest absolute Gasteiger partial charge is 0.493 e. The van der Waals surface area contributed by atoms with Crippen molar-refractivity contribution in [2.24, 2.45) is 0 Å². The van der Waals surface area contributed by atoms with Crippen LogP contribution < -0.4 is 4.74 Å². The van der Waals surface area contributed by atoms with Gasteiger partial charge in [0.2, 0.25) is 0 Å². The Labute approximate surface area is 118 Å². The molecule has 19 heavy (non-hydrogen) atoms. The molecule has 0 spiro atoms. The Bertz CT molecular complexity index is 508. The second-order valence-corrected chi connectivity index (χ2v) is 5.48. The van der Waals surface area contributed by atoms with Gasteiger partial charge in [-0.25, -0.2) is 0 Å². The highest BCUT2D eigenvalue weighted by molar-refractivity contribution is 7.99. The molecule has 0 saturated heterocycles. The maximum atomic E-state index is 8.96. The summed E-state index contributed by atoms with van der Waals surface area (Å²) in [7, 11) is 0. The lowest BCUT2D eigenvalue weighted by molar-refractivity contribution is 0.282. The van der Waals surface area contributed by atoms with Crippen LogP contribution in [0.5, 0.6) is 5.75 Å². The summed E-state index contributed by atoms with van der Waals surface area (Å²) < 4.78 is 5.69. The zero-order chi connectivity index (χ0) is 13.5. The van der Waals surface area contributed by atoms with E-state index >= 15 is 0 Å². The van der Waals surface area contributed by atoms with Gasteiger partial charge in [0.05, 0.1) is 13.2 Å². The summed E-state index contributed by atoms with van der Waals surface area (Å²) in [5.74, 6) is 1.84. The van der Waals surface area contributed by atoms with Crippen molar-refractivity contribution in [3.8, 4) is 5.75 Å². The van der Waals surface area contributed by atoms with E-state index in [4.69, 9.17) is 9.84 Å². The molecular weight excluding hydrogens is 256 g/mol. The van der Waals surface area contributed by atoms with Gasteiger partial charge in [-0.1, -0.05) is 24.3 Å². The average Bonchev–Trinajstić information content (AvgIpc) is 2.44. The van der Waals surface area contributed by atoms with Crippen LogP contribution in [-0.4, -0.2) is 17.5 Å². The van der Waals surface area contributed by atoms with E-state index in [9.17, 15) is 0 Å². The third kappa shape index (κ3) is 4.62. The predicted octanol–water partition coefficient (Wildman–Crippen LogP) is 3.66. The molecule has 0 heterocycles. The Kier molecular flexibility index (Phi) is 5.31. The normalized spacial score (nSPS) is 10.4. The zero-order valence-corrected chi connectivity index (χ0v) is 11.8. The first kappa shape index (κ1) is 14.0. The van der Waals surface area contributed by atoms with Crippen molar-refractivity contribution in [1.82, 2.24) is 0 Å². The predicted molar refractivity (Wildman–Crippen MR) is 79.8 cm³/mol. The fourth-order valence-electron chi connectivity index (χ4n) is 1.72. The molecule has 100 valence electrons. The number of benzene rings is 2. The van der Waals surface area contributed by atoms with E-state index in [1.54, 1.807) is 11.8 Å². The molecule has 0 aliphatic carbocycles. The lowest BCUT2D eigenvalue weighted by Crippen LogP contribution is -2.00. The van der Waals surface area contributed by atoms with Gasteiger partial charge in [0.25, 0.3) is 0 Å². The maximum absolute atomic E-state index is 8.96. The lowest BCUT2D eigenvalue weighted by Gasteiger charge is -2.07. The minimum absolute atomic E-state index is 0.0986. The third-order valence-corrected chi connectivity index (χ3v) is 3.69. The van der Waals surface area contributed by atoms with Crippen LogP contribution >= 0.6 is 11.8 Å². The zero-order valence-electron chi connectivity index (χ0n) is 11.0. The molecule has 2 aromatic carbocycles. The number of aliphatic hydroxyl groups is 1. The van der Waals surface area contributed by atoms with Crippen LogP contribution in [-0.2, 0) is 6.61 Å². The number of hydrogen-bond acceptors (Lipinski definition) is 3. The molecule has 0 aromatic heterocycles. The van der Waals surface area contributed by atoms with Crippen molar-refractivity contribution >= 4 is 11.8 Å². The summed E-state index contributed by atoms with van der Waals surface area (Å²) in [6.45, 7) is 2.85. The van der Waals surface area contributed by atoms with E-state index in [1.807, 2.05) is 42.5 Å². The summed E-state index contributed by atoms with van der Waals surface area (Å²) in [5.41, 5.74) is 2.16. The van der Waals surface area contributed by atoms with Gasteiger partial charge in [-0.15, -0.1) is 11.8 Å². The quantitative estimate of drug-likeness (QED) is 0.644. The van der Waals surface area contributed by atoms with Gasteiger partial charge in [0, 0.05) is 10.6 Å². The number of aliphatic hydroxyl groups excluding tert-OH is 1. The Morgan fingerprint density at radius 2 is 1.89 bits per heavy atom. The van der Waals surface area contributed by atoms with E-state index in [1.165, 1.54) is 10.5 Å². The Morgan fingerprint density at radius 3 is 2.58 bits per heavy atom. The van der Waals surface area contributed by atoms with E-state index in [0.717, 1.165) is 17.1 Å². The number of ether oxygens (including phenoxy) is 1. The van der Waals surface area contributed by atoms with Crippen LogP contribution in [0.15, 0.2) is 53.4 Å². The molecule has 0 aliphatic rings. The first-order valence-corrected chi connectivity index (χ1v) is 7.28. The lowest BCUT2D eigenvalue weighted by atomic mass is 10.2. The van der Waals surface area contributed by atoms with Crippen LogP contribution in [0.4, 0.5) is 0 Å². The first-order chi connectivity index (χ1) is 9.28. The molecule has 0 amide bonds. The van der Waals surface area contributed by atoms with Crippen LogP contribution in [0.25, 0.3) is 0 Å². The van der Waals surface area contributed by atoms with E-state index in [-0.39, 0.29) is 6.61 Å². The number of hydrogen-bond donors (Lipinski definition) is 1. The van der Waals surface area contributed by atoms with Crippen LogP contribution in [0.2, 0.25) is 0 Å². The molecule has 3 heteroatoms. The minimum atomic E-state index is 0.0986. The Hall–Kier alpha value is -1.45. The first-order valence-electron chi connectivity index (χ1n) is 6.30. The molecule has 0 atom stereocenters. The van der Waals surface area contributed by atoms with Gasteiger partial charge in [0.1, 0.15) is 5.75 Å². The molecule has 0 unspecified atom stereocenters. The topological polar surface area (TPSA) is 29.5 Å². The highest BCUT2D eigenvalue weighted by atomic mass is 32.2. The van der Waals surface area contributed by atoms with Crippen molar-refractivity contribution in [2.45, 2.75) is 18.4 Å². The maximum Gasteiger partial charge on any atom is 0.119 e. The Balaban J connectivity index is 1.74. The Morgan fingerprint density at radius 1 is 1.11 bits per heavy atom. The summed E-state index contributed by atoms with van der Waals surface area (Å²) in [6.07, 6.45) is 0. The number of rotatable bonds is 6. The molecule has 2 aromatic rings. The summed E-state index contributed by atoms with van der Waals surface area (Å²) in [4.78, 5) is 1.20. The molecular formula is C16H18O2S. The molecule has 1 N–H and O–H groups in total. The fourth-order valence-corrected chi connectivity index (χ4v) is 2.45. The van der Waals surface area contributed by atoms with Crippen molar-refractivity contribution in [2.75, 3.05) is 12.4 Å². The van der Waals surface area contributed by atoms with Crippen molar-refractivity contribution < 1.29 is 9.84 Å². The van der Waals surface area contributed by atoms with Crippen LogP contribution in [0.3, 0.4) is 0 Å². The molecule has 0 fully saturated rings. The van der Waals surface area contributed by atoms with E-state index < -0.39 is 0 Å². The van der Waals surface area contributed by atoms with Crippen molar-refractivity contribution in [1.29, 1.82) is 0 Å². The second-order valence-electron chi connectivity index (χ2n) is 4.32. The van der Waals surface area contributed by atoms with Crippen molar-refractivity contribution in [3.05, 3.63) is 59.7 Å². The minimum Gasteiger partial charge on any atom is -0.493 e. The molecule has 0 aliphatic heterocycles. The van der Waals surface area contributed by atoms with Gasteiger partial charge in [-0.2, -0.15) is 0 Å². The van der Waals surface area contributed by atoms with Gasteiger partial charge in [0.15, 0.2) is 0 Å². The fraction of sp³-hybridized carbons (Fsp3) is 0.250. The smallest absolute Gasteiger partial charge is 0.119 e. The van der Waals surface area contributed by atoms with Crippen LogP contribution in [0, 0.1) is 6.92 Å². The molecule has 0 radical (unpaired) electrons. The highest BCUT2D eigenvalue weighted by Crippen LogP contribution is 2.19. The van der Waals surface area contributed by atoms with Gasteiger partial charge < -0.3 is 9.84 Å². The van der Waals surface area contributed by atoms with Gasteiger partial charge >= 0.3 is 0 Å². The number of aryl methyl sites for hydroxylation is 1. The summed E-state index contributed by atoms with van der Waals surface area (Å²) in [5, 5.41) is 8.96. The average molecular weight is 274 g/mol. The molecule has 2 rings (SSSR count). The second kappa shape index (κ2) is 7.22. The van der Waals surface area contributed by atoms with Gasteiger partial charge in [-0.05, 0) is 42.3 Å². The monoisotopic (exact) mass is 274 g/mol. The summed E-state index contributed by atoms with van der Waals surface area (Å²) in [6, 6.07) is 16.0. The van der Waals surface area contributed by atoms with Crippen LogP contribution in [0.1, 0.15) is 11.1 Å². The van der Waals surface area contributed by atoms with E-state index in [2.05, 4.69) is 13.0 Å². The van der Waals surface area contributed by atoms with E-state index in [0.29, 0.717) is 6.61 Å². The summed E-state index contributed by atoms with van der Waals surface area (Å²) >= 11 is 1.76. The number of thioether (sulfide) groups is 1.